The molecular formula is C16H18N4O2S2. The molecule has 0 aliphatic carbocycles. The van der Waals surface area contributed by atoms with E-state index in [0.29, 0.717) is 5.69 Å². The molecule has 0 aromatic carbocycles. The van der Waals surface area contributed by atoms with E-state index in [4.69, 9.17) is 0 Å². The maximum Gasteiger partial charge on any atom is 0.244 e. The third kappa shape index (κ3) is 3.55. The fraction of sp³-hybridized carbons (Fsp3) is 0.250. The predicted molar refractivity (Wildman–Crippen MR) is 94.2 cm³/mol. The highest BCUT2D eigenvalue weighted by Gasteiger charge is 2.24. The predicted octanol–water partition coefficient (Wildman–Crippen LogP) is 3.07. The van der Waals surface area contributed by atoms with Crippen molar-refractivity contribution < 1.29 is 8.42 Å². The summed E-state index contributed by atoms with van der Waals surface area (Å²) < 4.78 is 29.9. The summed E-state index contributed by atoms with van der Waals surface area (Å²) in [5.74, 6) is 0. The molecule has 0 saturated carbocycles. The highest BCUT2D eigenvalue weighted by Crippen LogP contribution is 2.30. The van der Waals surface area contributed by atoms with Crippen molar-refractivity contribution in [2.75, 3.05) is 0 Å². The van der Waals surface area contributed by atoms with Crippen LogP contribution < -0.4 is 4.72 Å². The summed E-state index contributed by atoms with van der Waals surface area (Å²) in [6.45, 7) is 4.11. The van der Waals surface area contributed by atoms with Crippen LogP contribution in [0.15, 0.2) is 53.1 Å². The maximum atomic E-state index is 12.8. The molecule has 3 rings (SSSR count). The van der Waals surface area contributed by atoms with Crippen LogP contribution in [0.3, 0.4) is 0 Å². The average molecular weight is 362 g/mol. The SMILES string of the molecule is CC(C)n1cc(S(=O)(=O)NCc2cccnc2)c(-c2cccs2)n1. The molecular weight excluding hydrogens is 344 g/mol. The van der Waals surface area contributed by atoms with E-state index in [2.05, 4.69) is 14.8 Å². The van der Waals surface area contributed by atoms with Crippen LogP contribution in [-0.2, 0) is 16.6 Å². The van der Waals surface area contributed by atoms with E-state index in [1.54, 1.807) is 29.3 Å². The molecule has 0 atom stereocenters. The minimum Gasteiger partial charge on any atom is -0.268 e. The van der Waals surface area contributed by atoms with Gasteiger partial charge in [0.1, 0.15) is 10.6 Å². The van der Waals surface area contributed by atoms with Crippen LogP contribution in [0.25, 0.3) is 10.6 Å². The Morgan fingerprint density at radius 1 is 1.29 bits per heavy atom. The minimum absolute atomic E-state index is 0.0750. The monoisotopic (exact) mass is 362 g/mol. The van der Waals surface area contributed by atoms with Gasteiger partial charge in [0, 0.05) is 31.2 Å². The van der Waals surface area contributed by atoms with Gasteiger partial charge in [0.2, 0.25) is 10.0 Å². The molecule has 24 heavy (non-hydrogen) atoms. The van der Waals surface area contributed by atoms with Gasteiger partial charge in [0.15, 0.2) is 0 Å². The van der Waals surface area contributed by atoms with Crippen LogP contribution in [0, 0.1) is 0 Å². The molecule has 8 heteroatoms. The summed E-state index contributed by atoms with van der Waals surface area (Å²) in [7, 11) is -3.68. The van der Waals surface area contributed by atoms with Gasteiger partial charge < -0.3 is 0 Å². The number of pyridine rings is 1. The summed E-state index contributed by atoms with van der Waals surface area (Å²) in [5, 5.41) is 6.37. The van der Waals surface area contributed by atoms with E-state index < -0.39 is 10.0 Å². The van der Waals surface area contributed by atoms with E-state index in [1.165, 1.54) is 11.3 Å². The van der Waals surface area contributed by atoms with E-state index in [1.807, 2.05) is 37.4 Å². The van der Waals surface area contributed by atoms with Crippen LogP contribution in [0.2, 0.25) is 0 Å². The third-order valence-electron chi connectivity index (χ3n) is 3.46. The van der Waals surface area contributed by atoms with Gasteiger partial charge in [-0.05, 0) is 36.9 Å². The summed E-state index contributed by atoms with van der Waals surface area (Å²) in [6, 6.07) is 7.43. The Kier molecular flexibility index (Phi) is 4.79. The molecule has 3 aromatic heterocycles. The lowest BCUT2D eigenvalue weighted by molar-refractivity contribution is 0.532. The molecule has 0 bridgehead atoms. The van der Waals surface area contributed by atoms with Gasteiger partial charge in [0.05, 0.1) is 4.88 Å². The van der Waals surface area contributed by atoms with Crippen LogP contribution in [-0.4, -0.2) is 23.2 Å². The van der Waals surface area contributed by atoms with Crippen molar-refractivity contribution in [1.29, 1.82) is 0 Å². The first-order chi connectivity index (χ1) is 11.5. The molecule has 0 aliphatic rings. The standard InChI is InChI=1S/C16H18N4O2S2/c1-12(2)20-11-15(16(19-20)14-6-4-8-23-14)24(21,22)18-10-13-5-3-7-17-9-13/h3-9,11-12,18H,10H2,1-2H3. The molecule has 3 aromatic rings. The fourth-order valence-electron chi connectivity index (χ4n) is 2.18. The Labute approximate surface area is 145 Å². The Morgan fingerprint density at radius 3 is 2.75 bits per heavy atom. The van der Waals surface area contributed by atoms with Crippen LogP contribution in [0.1, 0.15) is 25.5 Å². The van der Waals surface area contributed by atoms with Crippen molar-refractivity contribution in [3.63, 3.8) is 0 Å². The molecule has 0 aliphatic heterocycles. The van der Waals surface area contributed by atoms with E-state index in [0.717, 1.165) is 10.4 Å². The number of hydrogen-bond acceptors (Lipinski definition) is 5. The van der Waals surface area contributed by atoms with Crippen LogP contribution in [0.5, 0.6) is 0 Å². The van der Waals surface area contributed by atoms with Gasteiger partial charge in [0.25, 0.3) is 0 Å². The second-order valence-electron chi connectivity index (χ2n) is 5.58. The molecule has 0 saturated heterocycles. The Balaban J connectivity index is 1.94. The van der Waals surface area contributed by atoms with Crippen molar-refractivity contribution in [1.82, 2.24) is 19.5 Å². The van der Waals surface area contributed by atoms with Gasteiger partial charge >= 0.3 is 0 Å². The van der Waals surface area contributed by atoms with Gasteiger partial charge in [-0.15, -0.1) is 11.3 Å². The molecule has 3 heterocycles. The Hall–Kier alpha value is -2.03. The zero-order chi connectivity index (χ0) is 17.2. The Morgan fingerprint density at radius 2 is 2.12 bits per heavy atom. The summed E-state index contributed by atoms with van der Waals surface area (Å²) in [6.07, 6.45) is 4.88. The molecule has 0 unspecified atom stereocenters. The Bertz CT molecular complexity index is 901. The molecule has 126 valence electrons. The largest absolute Gasteiger partial charge is 0.268 e. The molecule has 0 fully saturated rings. The second-order valence-corrected chi connectivity index (χ2v) is 8.26. The highest BCUT2D eigenvalue weighted by molar-refractivity contribution is 7.89. The second kappa shape index (κ2) is 6.84. The average Bonchev–Trinajstić information content (AvgIpc) is 3.23. The number of aromatic nitrogens is 3. The molecule has 0 spiro atoms. The first kappa shape index (κ1) is 16.8. The van der Waals surface area contributed by atoms with E-state index in [-0.39, 0.29) is 17.5 Å². The number of thiophene rings is 1. The lowest BCUT2D eigenvalue weighted by Gasteiger charge is -2.06. The number of rotatable bonds is 6. The maximum absolute atomic E-state index is 12.8. The lowest BCUT2D eigenvalue weighted by Crippen LogP contribution is -2.23. The lowest BCUT2D eigenvalue weighted by atomic mass is 10.3. The molecule has 6 nitrogen and oxygen atoms in total. The zero-order valence-electron chi connectivity index (χ0n) is 13.4. The smallest absolute Gasteiger partial charge is 0.244 e. The molecule has 1 N–H and O–H groups in total. The van der Waals surface area contributed by atoms with Gasteiger partial charge in [-0.1, -0.05) is 12.1 Å². The molecule has 0 amide bonds. The van der Waals surface area contributed by atoms with Crippen molar-refractivity contribution in [3.8, 4) is 10.6 Å². The highest BCUT2D eigenvalue weighted by atomic mass is 32.2. The first-order valence-corrected chi connectivity index (χ1v) is 9.85. The van der Waals surface area contributed by atoms with Crippen LogP contribution in [0.4, 0.5) is 0 Å². The van der Waals surface area contributed by atoms with E-state index in [9.17, 15) is 8.42 Å². The number of sulfonamides is 1. The summed E-state index contributed by atoms with van der Waals surface area (Å²) >= 11 is 1.47. The van der Waals surface area contributed by atoms with Crippen molar-refractivity contribution in [3.05, 3.63) is 53.8 Å². The van der Waals surface area contributed by atoms with Gasteiger partial charge in [-0.25, -0.2) is 13.1 Å². The summed E-state index contributed by atoms with van der Waals surface area (Å²) in [5.41, 5.74) is 1.28. The van der Waals surface area contributed by atoms with E-state index >= 15 is 0 Å². The van der Waals surface area contributed by atoms with Crippen molar-refractivity contribution in [2.45, 2.75) is 31.3 Å². The minimum atomic E-state index is -3.68. The van der Waals surface area contributed by atoms with Gasteiger partial charge in [-0.2, -0.15) is 5.10 Å². The summed E-state index contributed by atoms with van der Waals surface area (Å²) in [4.78, 5) is 5.02. The quantitative estimate of drug-likeness (QED) is 0.731. The number of nitrogens with one attached hydrogen (secondary N) is 1. The zero-order valence-corrected chi connectivity index (χ0v) is 15.0. The number of nitrogens with zero attached hydrogens (tertiary/aromatic N) is 3. The van der Waals surface area contributed by atoms with Crippen molar-refractivity contribution >= 4 is 21.4 Å². The van der Waals surface area contributed by atoms with Crippen LogP contribution >= 0.6 is 11.3 Å². The topological polar surface area (TPSA) is 76.9 Å². The van der Waals surface area contributed by atoms with Crippen molar-refractivity contribution in [2.24, 2.45) is 0 Å². The van der Waals surface area contributed by atoms with Gasteiger partial charge in [-0.3, -0.25) is 9.67 Å². The molecule has 0 radical (unpaired) electrons. The first-order valence-electron chi connectivity index (χ1n) is 7.49. The third-order valence-corrected chi connectivity index (χ3v) is 5.74. The fourth-order valence-corrected chi connectivity index (χ4v) is 4.13. The number of hydrogen-bond donors (Lipinski definition) is 1. The normalized spacial score (nSPS) is 12.0.